The van der Waals surface area contributed by atoms with Crippen LogP contribution in [0.5, 0.6) is 0 Å². The van der Waals surface area contributed by atoms with Gasteiger partial charge in [0.25, 0.3) is 0 Å². The molecule has 1 rings (SSSR count). The van der Waals surface area contributed by atoms with Crippen LogP contribution in [0, 0.1) is 13.8 Å². The smallest absolute Gasteiger partial charge is 0.372 e. The lowest BCUT2D eigenvalue weighted by Gasteiger charge is -1.89. The van der Waals surface area contributed by atoms with Crippen LogP contribution < -0.4 is 0 Å². The van der Waals surface area contributed by atoms with E-state index in [1.807, 2.05) is 13.8 Å². The number of carboxylic acid groups (broad SMARTS) is 1. The fourth-order valence-corrected chi connectivity index (χ4v) is 1.20. The quantitative estimate of drug-likeness (QED) is 0.736. The largest absolute Gasteiger partial charge is 0.475 e. The summed E-state index contributed by atoms with van der Waals surface area (Å²) in [6, 6.07) is 0. The summed E-state index contributed by atoms with van der Waals surface area (Å²) in [5.74, 6) is -0.149. The Balaban J connectivity index is 3.25. The van der Waals surface area contributed by atoms with Gasteiger partial charge in [-0.2, -0.15) is 0 Å². The van der Waals surface area contributed by atoms with Crippen molar-refractivity contribution in [3.63, 3.8) is 0 Å². The molecule has 0 saturated carbocycles. The molecule has 1 aromatic heterocycles. The van der Waals surface area contributed by atoms with Gasteiger partial charge in [-0.3, -0.25) is 0 Å². The molecule has 0 aliphatic carbocycles. The molecule has 3 nitrogen and oxygen atoms in total. The highest BCUT2D eigenvalue weighted by Gasteiger charge is 2.17. The van der Waals surface area contributed by atoms with Crippen LogP contribution in [-0.2, 0) is 6.42 Å². The third-order valence-corrected chi connectivity index (χ3v) is 2.06. The van der Waals surface area contributed by atoms with E-state index in [0.717, 1.165) is 23.3 Å². The molecule has 66 valence electrons. The summed E-state index contributed by atoms with van der Waals surface area (Å²) in [6.07, 6.45) is 0.736. The molecule has 0 amide bonds. The van der Waals surface area contributed by atoms with Crippen molar-refractivity contribution in [2.75, 3.05) is 0 Å². The van der Waals surface area contributed by atoms with Crippen LogP contribution in [0.25, 0.3) is 0 Å². The molecule has 1 aromatic rings. The summed E-state index contributed by atoms with van der Waals surface area (Å²) < 4.78 is 5.16. The summed E-state index contributed by atoms with van der Waals surface area (Å²) >= 11 is 0. The summed E-state index contributed by atoms with van der Waals surface area (Å²) in [5.41, 5.74) is 1.69. The third kappa shape index (κ3) is 1.22. The van der Waals surface area contributed by atoms with Gasteiger partial charge in [0.05, 0.1) is 0 Å². The van der Waals surface area contributed by atoms with E-state index in [1.165, 1.54) is 0 Å². The molecule has 12 heavy (non-hydrogen) atoms. The second-order valence-electron chi connectivity index (χ2n) is 2.76. The van der Waals surface area contributed by atoms with Gasteiger partial charge in [-0.25, -0.2) is 4.79 Å². The van der Waals surface area contributed by atoms with Gasteiger partial charge in [-0.1, -0.05) is 6.92 Å². The Hall–Kier alpha value is -1.25. The Morgan fingerprint density at radius 1 is 1.42 bits per heavy atom. The lowest BCUT2D eigenvalue weighted by Crippen LogP contribution is -1.95. The molecule has 1 N–H and O–H groups in total. The minimum atomic E-state index is -0.990. The molecule has 0 spiro atoms. The van der Waals surface area contributed by atoms with Crippen LogP contribution in [0.2, 0.25) is 0 Å². The van der Waals surface area contributed by atoms with Gasteiger partial charge >= 0.3 is 5.97 Å². The van der Waals surface area contributed by atoms with Crippen molar-refractivity contribution >= 4 is 5.97 Å². The standard InChI is InChI=1S/C9H12O3/c1-4-7-5(2)6(3)8(12-7)9(10)11/h4H2,1-3H3,(H,10,11). The summed E-state index contributed by atoms with van der Waals surface area (Å²) in [5, 5.41) is 8.71. The number of rotatable bonds is 2. The van der Waals surface area contributed by atoms with Crippen LogP contribution in [-0.4, -0.2) is 11.1 Å². The van der Waals surface area contributed by atoms with Crippen molar-refractivity contribution in [2.24, 2.45) is 0 Å². The summed E-state index contributed by atoms with van der Waals surface area (Å²) in [6.45, 7) is 5.59. The van der Waals surface area contributed by atoms with Crippen molar-refractivity contribution in [1.82, 2.24) is 0 Å². The molecule has 0 unspecified atom stereocenters. The highest BCUT2D eigenvalue weighted by Crippen LogP contribution is 2.21. The van der Waals surface area contributed by atoms with E-state index < -0.39 is 5.97 Å². The van der Waals surface area contributed by atoms with E-state index in [2.05, 4.69) is 0 Å². The number of furan rings is 1. The van der Waals surface area contributed by atoms with Crippen molar-refractivity contribution in [2.45, 2.75) is 27.2 Å². The number of hydrogen-bond donors (Lipinski definition) is 1. The zero-order valence-electron chi connectivity index (χ0n) is 7.47. The molecule has 3 heteroatoms. The maximum absolute atomic E-state index is 10.6. The minimum absolute atomic E-state index is 0.0735. The Kier molecular flexibility index (Phi) is 2.22. The van der Waals surface area contributed by atoms with Gasteiger partial charge in [0.1, 0.15) is 5.76 Å². The van der Waals surface area contributed by atoms with Gasteiger partial charge in [-0.15, -0.1) is 0 Å². The number of hydrogen-bond acceptors (Lipinski definition) is 2. The maximum Gasteiger partial charge on any atom is 0.372 e. The van der Waals surface area contributed by atoms with Crippen LogP contribution in [0.1, 0.15) is 34.4 Å². The summed E-state index contributed by atoms with van der Waals surface area (Å²) in [4.78, 5) is 10.6. The molecule has 0 fully saturated rings. The first kappa shape index (κ1) is 8.84. The van der Waals surface area contributed by atoms with E-state index in [9.17, 15) is 4.79 Å². The van der Waals surface area contributed by atoms with Gasteiger partial charge in [0.15, 0.2) is 0 Å². The highest BCUT2D eigenvalue weighted by molar-refractivity contribution is 5.86. The molecular formula is C9H12O3. The number of carbonyl (C=O) groups is 1. The first-order chi connectivity index (χ1) is 5.57. The monoisotopic (exact) mass is 168 g/mol. The topological polar surface area (TPSA) is 50.4 Å². The zero-order valence-corrected chi connectivity index (χ0v) is 7.47. The zero-order chi connectivity index (χ0) is 9.30. The minimum Gasteiger partial charge on any atom is -0.475 e. The molecule has 0 aliphatic heterocycles. The Bertz CT molecular complexity index is 310. The molecule has 0 saturated heterocycles. The van der Waals surface area contributed by atoms with E-state index in [1.54, 1.807) is 6.92 Å². The second kappa shape index (κ2) is 3.01. The first-order valence-electron chi connectivity index (χ1n) is 3.90. The molecule has 0 radical (unpaired) electrons. The van der Waals surface area contributed by atoms with Crippen molar-refractivity contribution in [1.29, 1.82) is 0 Å². The van der Waals surface area contributed by atoms with Crippen molar-refractivity contribution in [3.05, 3.63) is 22.6 Å². The molecule has 0 aliphatic rings. The SMILES string of the molecule is CCc1oc(C(=O)O)c(C)c1C. The van der Waals surface area contributed by atoms with Gasteiger partial charge < -0.3 is 9.52 Å². The van der Waals surface area contributed by atoms with Crippen LogP contribution in [0.3, 0.4) is 0 Å². The fourth-order valence-electron chi connectivity index (χ4n) is 1.20. The Labute approximate surface area is 71.0 Å². The van der Waals surface area contributed by atoms with E-state index in [0.29, 0.717) is 0 Å². The van der Waals surface area contributed by atoms with E-state index >= 15 is 0 Å². The van der Waals surface area contributed by atoms with Crippen LogP contribution in [0.4, 0.5) is 0 Å². The van der Waals surface area contributed by atoms with Gasteiger partial charge in [0, 0.05) is 12.0 Å². The lowest BCUT2D eigenvalue weighted by molar-refractivity contribution is 0.0659. The van der Waals surface area contributed by atoms with Crippen molar-refractivity contribution in [3.8, 4) is 0 Å². The normalized spacial score (nSPS) is 10.2. The lowest BCUT2D eigenvalue weighted by atomic mass is 10.1. The predicted molar refractivity (Wildman–Crippen MR) is 44.5 cm³/mol. The molecule has 0 atom stereocenters. The summed E-state index contributed by atoms with van der Waals surface area (Å²) in [7, 11) is 0. The number of aromatic carboxylic acids is 1. The molecule has 0 aromatic carbocycles. The fraction of sp³-hybridized carbons (Fsp3) is 0.444. The average molecular weight is 168 g/mol. The molecular weight excluding hydrogens is 156 g/mol. The van der Waals surface area contributed by atoms with E-state index in [-0.39, 0.29) is 5.76 Å². The average Bonchev–Trinajstić information content (AvgIpc) is 2.30. The second-order valence-corrected chi connectivity index (χ2v) is 2.76. The van der Waals surface area contributed by atoms with Crippen LogP contribution in [0.15, 0.2) is 4.42 Å². The maximum atomic E-state index is 10.6. The molecule has 1 heterocycles. The van der Waals surface area contributed by atoms with Crippen LogP contribution >= 0.6 is 0 Å². The Morgan fingerprint density at radius 2 is 2.00 bits per heavy atom. The van der Waals surface area contributed by atoms with Gasteiger partial charge in [-0.05, 0) is 19.4 Å². The third-order valence-electron chi connectivity index (χ3n) is 2.06. The number of aryl methyl sites for hydroxylation is 1. The highest BCUT2D eigenvalue weighted by atomic mass is 16.4. The Morgan fingerprint density at radius 3 is 2.25 bits per heavy atom. The molecule has 0 bridgehead atoms. The number of carboxylic acids is 1. The predicted octanol–water partition coefficient (Wildman–Crippen LogP) is 2.16. The van der Waals surface area contributed by atoms with E-state index in [4.69, 9.17) is 9.52 Å². The first-order valence-corrected chi connectivity index (χ1v) is 3.90. The van der Waals surface area contributed by atoms with Gasteiger partial charge in [0.2, 0.25) is 5.76 Å². The van der Waals surface area contributed by atoms with Crippen molar-refractivity contribution < 1.29 is 14.3 Å².